The lowest BCUT2D eigenvalue weighted by Gasteiger charge is -2.22. The lowest BCUT2D eigenvalue weighted by atomic mass is 10.1. The van der Waals surface area contributed by atoms with Gasteiger partial charge >= 0.3 is 0 Å². The molecule has 0 aromatic heterocycles. The van der Waals surface area contributed by atoms with Gasteiger partial charge in [0, 0.05) is 0 Å². The fraction of sp³-hybridized carbons (Fsp3) is 1.00. The molecule has 1 fully saturated rings. The highest BCUT2D eigenvalue weighted by Gasteiger charge is 2.12. The van der Waals surface area contributed by atoms with Crippen molar-refractivity contribution in [2.24, 2.45) is 0 Å². The zero-order chi connectivity index (χ0) is 26.5. The molecular formula is C26H53NO10. The van der Waals surface area contributed by atoms with Gasteiger partial charge in [-0.2, -0.15) is 0 Å². The number of hydrogen-bond acceptors (Lipinski definition) is 11. The van der Waals surface area contributed by atoms with Crippen molar-refractivity contribution in [2.75, 3.05) is 132 Å². The molecule has 11 nitrogen and oxygen atoms in total. The maximum absolute atomic E-state index is 5.78. The Morgan fingerprint density at radius 1 is 0.459 bits per heavy atom. The highest BCUT2D eigenvalue weighted by Crippen LogP contribution is 2.06. The minimum Gasteiger partial charge on any atom is -0.377 e. The number of rotatable bonds is 29. The lowest BCUT2D eigenvalue weighted by Crippen LogP contribution is -2.33. The summed E-state index contributed by atoms with van der Waals surface area (Å²) in [5.41, 5.74) is 0. The van der Waals surface area contributed by atoms with Crippen LogP contribution in [-0.2, 0) is 47.4 Å². The molecule has 1 N–H and O–H groups in total. The predicted molar refractivity (Wildman–Crippen MR) is 139 cm³/mol. The van der Waals surface area contributed by atoms with Gasteiger partial charge in [-0.05, 0) is 39.8 Å². The maximum atomic E-state index is 5.78. The van der Waals surface area contributed by atoms with E-state index in [9.17, 15) is 0 Å². The van der Waals surface area contributed by atoms with E-state index >= 15 is 0 Å². The van der Waals surface area contributed by atoms with Crippen LogP contribution >= 0.6 is 0 Å². The normalized spacial score (nSPS) is 14.7. The third kappa shape index (κ3) is 26.9. The second-order valence-electron chi connectivity index (χ2n) is 8.64. The standard InChI is InChI=1S/C26H53NO10/c1-25(2)36-23-21-34-19-17-32-15-13-30-11-9-28-7-8-29-10-12-31-14-16-33-18-20-35-22-24-37-26-3-5-27-6-4-26/h25-27H,3-24H2,1-2H3. The number of piperidine rings is 1. The SMILES string of the molecule is CC(C)OCCOCCOCCOCCOCCOCCOCCOCCOCCOC1CCNCC1. The number of ether oxygens (including phenoxy) is 10. The molecule has 1 rings (SSSR count). The van der Waals surface area contributed by atoms with Gasteiger partial charge in [0.25, 0.3) is 0 Å². The first-order chi connectivity index (χ1) is 18.3. The van der Waals surface area contributed by atoms with Gasteiger partial charge in [-0.25, -0.2) is 0 Å². The van der Waals surface area contributed by atoms with Crippen molar-refractivity contribution in [2.45, 2.75) is 38.9 Å². The van der Waals surface area contributed by atoms with Crippen molar-refractivity contribution in [3.05, 3.63) is 0 Å². The molecule has 11 heteroatoms. The Morgan fingerprint density at radius 3 is 1.08 bits per heavy atom. The molecule has 1 aliphatic heterocycles. The van der Waals surface area contributed by atoms with E-state index in [1.807, 2.05) is 13.8 Å². The summed E-state index contributed by atoms with van der Waals surface area (Å²) >= 11 is 0. The minimum absolute atomic E-state index is 0.237. The average Bonchev–Trinajstić information content (AvgIpc) is 2.90. The molecule has 0 unspecified atom stereocenters. The van der Waals surface area contributed by atoms with Gasteiger partial charge in [0.2, 0.25) is 0 Å². The molecule has 0 aliphatic carbocycles. The van der Waals surface area contributed by atoms with Crippen LogP contribution in [0.15, 0.2) is 0 Å². The van der Waals surface area contributed by atoms with Gasteiger partial charge in [0.05, 0.1) is 131 Å². The molecule has 0 amide bonds. The Labute approximate surface area is 224 Å². The van der Waals surface area contributed by atoms with E-state index in [-0.39, 0.29) is 6.10 Å². The van der Waals surface area contributed by atoms with Crippen LogP contribution < -0.4 is 5.32 Å². The van der Waals surface area contributed by atoms with Crippen LogP contribution in [0.3, 0.4) is 0 Å². The van der Waals surface area contributed by atoms with Crippen LogP contribution in [0.1, 0.15) is 26.7 Å². The summed E-state index contributed by atoms with van der Waals surface area (Å²) in [4.78, 5) is 0. The summed E-state index contributed by atoms with van der Waals surface area (Å²) in [7, 11) is 0. The third-order valence-corrected chi connectivity index (χ3v) is 5.15. The van der Waals surface area contributed by atoms with E-state index in [2.05, 4.69) is 5.32 Å². The third-order valence-electron chi connectivity index (χ3n) is 5.15. The summed E-state index contributed by atoms with van der Waals surface area (Å²) < 4.78 is 54.9. The van der Waals surface area contributed by atoms with Crippen LogP contribution in [-0.4, -0.2) is 144 Å². The summed E-state index contributed by atoms with van der Waals surface area (Å²) in [6, 6.07) is 0. The van der Waals surface area contributed by atoms with Crippen LogP contribution in [0.4, 0.5) is 0 Å². The zero-order valence-electron chi connectivity index (χ0n) is 23.3. The highest BCUT2D eigenvalue weighted by atomic mass is 16.6. The van der Waals surface area contributed by atoms with Crippen molar-refractivity contribution < 1.29 is 47.4 Å². The van der Waals surface area contributed by atoms with E-state index in [4.69, 9.17) is 47.4 Å². The van der Waals surface area contributed by atoms with Gasteiger partial charge in [-0.1, -0.05) is 0 Å². The Bertz CT molecular complexity index is 442. The molecule has 1 aliphatic rings. The van der Waals surface area contributed by atoms with Crippen molar-refractivity contribution >= 4 is 0 Å². The van der Waals surface area contributed by atoms with E-state index in [1.165, 1.54) is 0 Å². The van der Waals surface area contributed by atoms with Crippen molar-refractivity contribution in [3.63, 3.8) is 0 Å². The summed E-state index contributed by atoms with van der Waals surface area (Å²) in [6.07, 6.45) is 2.79. The lowest BCUT2D eigenvalue weighted by molar-refractivity contribution is -0.0325. The predicted octanol–water partition coefficient (Wildman–Crippen LogP) is 1.31. The molecule has 37 heavy (non-hydrogen) atoms. The molecular weight excluding hydrogens is 486 g/mol. The first-order valence-electron chi connectivity index (χ1n) is 13.8. The molecule has 1 saturated heterocycles. The van der Waals surface area contributed by atoms with Gasteiger partial charge in [-0.3, -0.25) is 0 Å². The van der Waals surface area contributed by atoms with E-state index < -0.39 is 0 Å². The monoisotopic (exact) mass is 539 g/mol. The molecule has 0 aromatic rings. The van der Waals surface area contributed by atoms with Crippen LogP contribution in [0.2, 0.25) is 0 Å². The molecule has 1 heterocycles. The smallest absolute Gasteiger partial charge is 0.0704 e. The Balaban J connectivity index is 1.61. The largest absolute Gasteiger partial charge is 0.377 e. The molecule has 0 radical (unpaired) electrons. The van der Waals surface area contributed by atoms with Gasteiger partial charge in [0.15, 0.2) is 0 Å². The minimum atomic E-state index is 0.237. The first-order valence-corrected chi connectivity index (χ1v) is 13.8. The first kappa shape index (κ1) is 34.6. The number of nitrogens with one attached hydrogen (secondary N) is 1. The maximum Gasteiger partial charge on any atom is 0.0704 e. The van der Waals surface area contributed by atoms with Crippen molar-refractivity contribution in [3.8, 4) is 0 Å². The summed E-state index contributed by atoms with van der Waals surface area (Å²) in [5, 5.41) is 3.33. The molecule has 0 spiro atoms. The Hall–Kier alpha value is -0.440. The molecule has 0 aromatic carbocycles. The van der Waals surface area contributed by atoms with Crippen LogP contribution in [0, 0.1) is 0 Å². The second-order valence-corrected chi connectivity index (χ2v) is 8.64. The van der Waals surface area contributed by atoms with Gasteiger partial charge < -0.3 is 52.7 Å². The van der Waals surface area contributed by atoms with E-state index in [0.29, 0.717) is 125 Å². The van der Waals surface area contributed by atoms with Crippen LogP contribution in [0.25, 0.3) is 0 Å². The topological polar surface area (TPSA) is 104 Å². The zero-order valence-corrected chi connectivity index (χ0v) is 23.3. The van der Waals surface area contributed by atoms with Crippen molar-refractivity contribution in [1.82, 2.24) is 5.32 Å². The fourth-order valence-electron chi connectivity index (χ4n) is 3.22. The summed E-state index contributed by atoms with van der Waals surface area (Å²) in [6.45, 7) is 16.2. The number of hydrogen-bond donors (Lipinski definition) is 1. The van der Waals surface area contributed by atoms with Crippen LogP contribution in [0.5, 0.6) is 0 Å². The highest BCUT2D eigenvalue weighted by molar-refractivity contribution is 4.67. The molecule has 0 atom stereocenters. The Kier molecular flexibility index (Phi) is 26.7. The Morgan fingerprint density at radius 2 is 0.757 bits per heavy atom. The van der Waals surface area contributed by atoms with E-state index in [0.717, 1.165) is 25.9 Å². The van der Waals surface area contributed by atoms with Crippen molar-refractivity contribution in [1.29, 1.82) is 0 Å². The summed E-state index contributed by atoms with van der Waals surface area (Å²) in [5.74, 6) is 0. The van der Waals surface area contributed by atoms with E-state index in [1.54, 1.807) is 0 Å². The quantitative estimate of drug-likeness (QED) is 0.139. The second kappa shape index (κ2) is 28.6. The fourth-order valence-corrected chi connectivity index (χ4v) is 3.22. The molecule has 0 bridgehead atoms. The van der Waals surface area contributed by atoms with Gasteiger partial charge in [-0.15, -0.1) is 0 Å². The molecule has 0 saturated carbocycles. The molecule has 222 valence electrons. The average molecular weight is 540 g/mol. The van der Waals surface area contributed by atoms with Gasteiger partial charge in [0.1, 0.15) is 0 Å².